The van der Waals surface area contributed by atoms with Gasteiger partial charge in [-0.25, -0.2) is 12.7 Å². The van der Waals surface area contributed by atoms with Gasteiger partial charge < -0.3 is 5.32 Å². The summed E-state index contributed by atoms with van der Waals surface area (Å²) in [5.41, 5.74) is 2.46. The van der Waals surface area contributed by atoms with E-state index in [2.05, 4.69) is 11.4 Å². The number of benzene rings is 1. The monoisotopic (exact) mass is 404 g/mol. The van der Waals surface area contributed by atoms with Crippen molar-refractivity contribution in [2.75, 3.05) is 25.4 Å². The zero-order valence-electron chi connectivity index (χ0n) is 16.6. The van der Waals surface area contributed by atoms with Crippen LogP contribution in [0.2, 0.25) is 0 Å². The van der Waals surface area contributed by atoms with E-state index in [1.54, 1.807) is 0 Å². The first-order valence-corrected chi connectivity index (χ1v) is 12.1. The molecule has 1 saturated heterocycles. The van der Waals surface area contributed by atoms with Crippen LogP contribution in [0.5, 0.6) is 0 Å². The van der Waals surface area contributed by atoms with Crippen LogP contribution in [0.15, 0.2) is 42.0 Å². The molecule has 1 aliphatic carbocycles. The van der Waals surface area contributed by atoms with E-state index in [0.717, 1.165) is 37.7 Å². The maximum Gasteiger partial charge on any atom is 0.224 e. The molecule has 0 bridgehead atoms. The zero-order chi connectivity index (χ0) is 19.8. The van der Waals surface area contributed by atoms with Gasteiger partial charge in [0.2, 0.25) is 15.9 Å². The van der Waals surface area contributed by atoms with E-state index in [9.17, 15) is 13.2 Å². The number of nitrogens with zero attached hydrogens (tertiary/aromatic N) is 1. The van der Waals surface area contributed by atoms with Crippen molar-refractivity contribution >= 4 is 15.9 Å². The minimum atomic E-state index is -3.31. The van der Waals surface area contributed by atoms with Gasteiger partial charge in [-0.15, -0.1) is 0 Å². The van der Waals surface area contributed by atoms with E-state index >= 15 is 0 Å². The van der Waals surface area contributed by atoms with E-state index in [1.165, 1.54) is 22.7 Å². The van der Waals surface area contributed by atoms with Gasteiger partial charge in [-0.2, -0.15) is 0 Å². The first-order chi connectivity index (χ1) is 13.5. The largest absolute Gasteiger partial charge is 0.352 e. The molecule has 28 heavy (non-hydrogen) atoms. The fraction of sp³-hybridized carbons (Fsp3) is 0.591. The average Bonchev–Trinajstić information content (AvgIpc) is 2.73. The Kier molecular flexibility index (Phi) is 7.68. The Hall–Kier alpha value is -1.66. The number of piperidine rings is 1. The van der Waals surface area contributed by atoms with Crippen molar-refractivity contribution in [1.82, 2.24) is 9.62 Å². The van der Waals surface area contributed by atoms with Crippen molar-refractivity contribution in [3.63, 3.8) is 0 Å². The highest BCUT2D eigenvalue weighted by Crippen LogP contribution is 2.21. The van der Waals surface area contributed by atoms with E-state index in [0.29, 0.717) is 26.1 Å². The summed E-state index contributed by atoms with van der Waals surface area (Å²) in [6.07, 6.45) is 9.70. The first-order valence-electron chi connectivity index (χ1n) is 10.5. The molecular weight excluding hydrogens is 372 g/mol. The molecule has 1 atom stereocenters. The summed E-state index contributed by atoms with van der Waals surface area (Å²) in [4.78, 5) is 12.6. The van der Waals surface area contributed by atoms with Gasteiger partial charge in [0, 0.05) is 19.6 Å². The van der Waals surface area contributed by atoms with Crippen molar-refractivity contribution in [3.05, 3.63) is 47.5 Å². The molecule has 0 aromatic heterocycles. The molecule has 1 fully saturated rings. The van der Waals surface area contributed by atoms with Crippen molar-refractivity contribution in [2.24, 2.45) is 5.92 Å². The third-order valence-corrected chi connectivity index (χ3v) is 7.66. The van der Waals surface area contributed by atoms with Gasteiger partial charge in [-0.3, -0.25) is 4.79 Å². The molecule has 1 amide bonds. The predicted octanol–water partition coefficient (Wildman–Crippen LogP) is 3.28. The maximum absolute atomic E-state index is 12.7. The van der Waals surface area contributed by atoms with Gasteiger partial charge in [0.05, 0.1) is 11.7 Å². The Morgan fingerprint density at radius 1 is 1.14 bits per heavy atom. The van der Waals surface area contributed by atoms with Crippen molar-refractivity contribution in [2.45, 2.75) is 51.4 Å². The van der Waals surface area contributed by atoms with Crippen LogP contribution in [0.4, 0.5) is 0 Å². The number of allylic oxidation sites excluding steroid dienone is 1. The fourth-order valence-electron chi connectivity index (χ4n) is 4.05. The molecule has 1 heterocycles. The molecule has 1 unspecified atom stereocenters. The molecule has 5 nitrogen and oxygen atoms in total. The number of hydrogen-bond donors (Lipinski definition) is 1. The number of hydrogen-bond acceptors (Lipinski definition) is 3. The second-order valence-electron chi connectivity index (χ2n) is 7.93. The maximum atomic E-state index is 12.7. The Morgan fingerprint density at radius 2 is 1.96 bits per heavy atom. The van der Waals surface area contributed by atoms with Crippen LogP contribution in [-0.2, 0) is 21.2 Å². The highest BCUT2D eigenvalue weighted by molar-refractivity contribution is 7.89. The molecule has 1 aromatic carbocycles. The molecule has 2 aliphatic rings. The number of nitrogens with one attached hydrogen (secondary N) is 1. The van der Waals surface area contributed by atoms with Crippen molar-refractivity contribution < 1.29 is 13.2 Å². The molecule has 0 saturated carbocycles. The highest BCUT2D eigenvalue weighted by atomic mass is 32.2. The SMILES string of the molecule is O=C(NCC1=CCCCC1)C1CCCN(S(=O)(=O)CCCc2ccccc2)C1. The third-order valence-electron chi connectivity index (χ3n) is 5.73. The standard InChI is InChI=1S/C22H32N2O3S/c25-22(23-17-20-11-5-2-6-12-20)21-14-7-15-24(18-21)28(26,27)16-8-13-19-9-3-1-4-10-19/h1,3-4,9-11,21H,2,5-8,12-18H2,(H,23,25). The Labute approximate surface area is 169 Å². The van der Waals surface area contributed by atoms with Crippen LogP contribution in [0.25, 0.3) is 0 Å². The Morgan fingerprint density at radius 3 is 2.71 bits per heavy atom. The second-order valence-corrected chi connectivity index (χ2v) is 10.0. The van der Waals surface area contributed by atoms with Gasteiger partial charge in [0.1, 0.15) is 0 Å². The van der Waals surface area contributed by atoms with Crippen LogP contribution in [-0.4, -0.2) is 44.0 Å². The van der Waals surface area contributed by atoms with Gasteiger partial charge >= 0.3 is 0 Å². The van der Waals surface area contributed by atoms with Crippen LogP contribution < -0.4 is 5.32 Å². The molecule has 0 spiro atoms. The average molecular weight is 405 g/mol. The van der Waals surface area contributed by atoms with E-state index < -0.39 is 10.0 Å². The topological polar surface area (TPSA) is 66.5 Å². The molecule has 1 aliphatic heterocycles. The van der Waals surface area contributed by atoms with Crippen molar-refractivity contribution in [1.29, 1.82) is 0 Å². The van der Waals surface area contributed by atoms with Gasteiger partial charge in [-0.1, -0.05) is 42.0 Å². The summed E-state index contributed by atoms with van der Waals surface area (Å²) in [6.45, 7) is 1.46. The van der Waals surface area contributed by atoms with Gasteiger partial charge in [0.25, 0.3) is 0 Å². The number of carbonyl (C=O) groups is 1. The number of carbonyl (C=O) groups excluding carboxylic acids is 1. The molecule has 1 aromatic rings. The normalized spacial score (nSPS) is 21.1. The highest BCUT2D eigenvalue weighted by Gasteiger charge is 2.32. The molecule has 0 radical (unpaired) electrons. The van der Waals surface area contributed by atoms with E-state index in [4.69, 9.17) is 0 Å². The third kappa shape index (κ3) is 6.17. The van der Waals surface area contributed by atoms with Crippen LogP contribution >= 0.6 is 0 Å². The smallest absolute Gasteiger partial charge is 0.224 e. The molecular formula is C22H32N2O3S. The summed E-state index contributed by atoms with van der Waals surface area (Å²) in [5.74, 6) is -0.0964. The number of rotatable bonds is 8. The van der Waals surface area contributed by atoms with Crippen LogP contribution in [0, 0.1) is 5.92 Å². The van der Waals surface area contributed by atoms with Crippen LogP contribution in [0.3, 0.4) is 0 Å². The molecule has 1 N–H and O–H groups in total. The van der Waals surface area contributed by atoms with Crippen LogP contribution in [0.1, 0.15) is 50.5 Å². The quantitative estimate of drug-likeness (QED) is 0.676. The Bertz CT molecular complexity index is 774. The lowest BCUT2D eigenvalue weighted by molar-refractivity contribution is -0.125. The number of aryl methyl sites for hydroxylation is 1. The summed E-state index contributed by atoms with van der Waals surface area (Å²) in [5, 5.41) is 3.03. The Balaban J connectivity index is 1.47. The zero-order valence-corrected chi connectivity index (χ0v) is 17.4. The molecule has 3 rings (SSSR count). The minimum absolute atomic E-state index is 0.00402. The van der Waals surface area contributed by atoms with Crippen molar-refractivity contribution in [3.8, 4) is 0 Å². The molecule has 154 valence electrons. The lowest BCUT2D eigenvalue weighted by Crippen LogP contribution is -2.46. The summed E-state index contributed by atoms with van der Waals surface area (Å²) in [7, 11) is -3.31. The van der Waals surface area contributed by atoms with Gasteiger partial charge in [-0.05, 0) is 56.9 Å². The second kappa shape index (κ2) is 10.2. The summed E-state index contributed by atoms with van der Waals surface area (Å²) < 4.78 is 27.0. The summed E-state index contributed by atoms with van der Waals surface area (Å²) >= 11 is 0. The number of sulfonamides is 1. The lowest BCUT2D eigenvalue weighted by Gasteiger charge is -2.31. The lowest BCUT2D eigenvalue weighted by atomic mass is 9.97. The molecule has 6 heteroatoms. The summed E-state index contributed by atoms with van der Waals surface area (Å²) in [6, 6.07) is 9.96. The number of amides is 1. The van der Waals surface area contributed by atoms with E-state index in [-0.39, 0.29) is 17.6 Å². The van der Waals surface area contributed by atoms with E-state index in [1.807, 2.05) is 30.3 Å². The minimum Gasteiger partial charge on any atom is -0.352 e. The fourth-order valence-corrected chi connectivity index (χ4v) is 5.63. The predicted molar refractivity (Wildman–Crippen MR) is 112 cm³/mol. The van der Waals surface area contributed by atoms with Gasteiger partial charge in [0.15, 0.2) is 0 Å². The first kappa shape index (κ1) is 21.1.